The quantitative estimate of drug-likeness (QED) is 0.451. The zero-order valence-corrected chi connectivity index (χ0v) is 8.62. The molecule has 0 heterocycles. The minimum atomic E-state index is -4.85. The Bertz CT molecular complexity index is 571. The van der Waals surface area contributed by atoms with E-state index in [-0.39, 0.29) is 0 Å². The van der Waals surface area contributed by atoms with E-state index in [0.717, 1.165) is 0 Å². The number of phenols is 1. The van der Waals surface area contributed by atoms with E-state index in [4.69, 9.17) is 9.66 Å². The molecule has 0 aromatic heterocycles. The normalized spacial score (nSPS) is 11.1. The second kappa shape index (κ2) is 3.95. The molecule has 0 unspecified atom stereocenters. The van der Waals surface area contributed by atoms with E-state index in [1.54, 1.807) is 0 Å². The molecule has 10 nitrogen and oxygen atoms in total. The zero-order chi connectivity index (χ0) is 13.4. The zero-order valence-electron chi connectivity index (χ0n) is 7.80. The van der Waals surface area contributed by atoms with Crippen LogP contribution in [0.5, 0.6) is 5.75 Å². The molecule has 0 saturated heterocycles. The van der Waals surface area contributed by atoms with Crippen molar-refractivity contribution in [2.45, 2.75) is 4.90 Å². The summed E-state index contributed by atoms with van der Waals surface area (Å²) in [5.74, 6) is -1.28. The van der Waals surface area contributed by atoms with Gasteiger partial charge in [-0.25, -0.2) is 0 Å². The second-order valence-corrected chi connectivity index (χ2v) is 4.22. The molecule has 0 saturated carbocycles. The van der Waals surface area contributed by atoms with Gasteiger partial charge in [-0.1, -0.05) is 0 Å². The fraction of sp³-hybridized carbons (Fsp3) is 0. The number of nitro groups is 2. The molecule has 0 spiro atoms. The van der Waals surface area contributed by atoms with Gasteiger partial charge in [0.05, 0.1) is 9.85 Å². The minimum absolute atomic E-state index is 0.317. The number of benzene rings is 1. The topological polar surface area (TPSA) is 161 Å². The average molecular weight is 264 g/mol. The Kier molecular flexibility index (Phi) is 2.97. The molecule has 2 N–H and O–H groups in total. The molecule has 0 bridgehead atoms. The van der Waals surface area contributed by atoms with E-state index in [1.165, 1.54) is 0 Å². The van der Waals surface area contributed by atoms with Crippen molar-refractivity contribution >= 4 is 21.5 Å². The van der Waals surface area contributed by atoms with Gasteiger partial charge in [-0.3, -0.25) is 24.8 Å². The molecule has 17 heavy (non-hydrogen) atoms. The number of aromatic hydroxyl groups is 1. The largest absolute Gasteiger partial charge is 0.497 e. The van der Waals surface area contributed by atoms with Gasteiger partial charge in [0.15, 0.2) is 0 Å². The number of rotatable bonds is 3. The van der Waals surface area contributed by atoms with Crippen molar-refractivity contribution in [3.05, 3.63) is 32.4 Å². The Labute approximate surface area is 93.2 Å². The van der Waals surface area contributed by atoms with Gasteiger partial charge in [0.2, 0.25) is 0 Å². The van der Waals surface area contributed by atoms with Crippen molar-refractivity contribution in [3.63, 3.8) is 0 Å². The molecule has 0 fully saturated rings. The van der Waals surface area contributed by atoms with Gasteiger partial charge in [-0.05, 0) is 0 Å². The third kappa shape index (κ3) is 2.46. The summed E-state index contributed by atoms with van der Waals surface area (Å²) in [5, 5.41) is 30.0. The smallest absolute Gasteiger partial charge is 0.319 e. The molecule has 0 amide bonds. The fourth-order valence-corrected chi connectivity index (χ4v) is 1.53. The standard InChI is InChI=1S/C6H4N2O8S/c9-6-4(7(10)11)1-3(17(14,15)16)2-5(6)8(12)13/h1-2,9H,(H,14,15,16). The summed E-state index contributed by atoms with van der Waals surface area (Å²) in [7, 11) is -4.85. The van der Waals surface area contributed by atoms with Gasteiger partial charge in [0.1, 0.15) is 4.90 Å². The maximum atomic E-state index is 10.7. The van der Waals surface area contributed by atoms with Crippen LogP contribution in [0.4, 0.5) is 11.4 Å². The van der Waals surface area contributed by atoms with Crippen molar-refractivity contribution in [1.82, 2.24) is 0 Å². The molecule has 1 rings (SSSR count). The summed E-state index contributed by atoms with van der Waals surface area (Å²) in [6.07, 6.45) is 0. The highest BCUT2D eigenvalue weighted by molar-refractivity contribution is 7.85. The highest BCUT2D eigenvalue weighted by atomic mass is 32.2. The Hall–Kier alpha value is -2.27. The van der Waals surface area contributed by atoms with Crippen LogP contribution in [0.15, 0.2) is 17.0 Å². The van der Waals surface area contributed by atoms with Gasteiger partial charge in [-0.15, -0.1) is 0 Å². The third-order valence-corrected chi connectivity index (χ3v) is 2.57. The van der Waals surface area contributed by atoms with E-state index in [2.05, 4.69) is 0 Å². The SMILES string of the molecule is O=[N+]([O-])c1cc(S(=O)(=O)O)cc([N+](=O)[O-])c1O. The van der Waals surface area contributed by atoms with Gasteiger partial charge in [0.25, 0.3) is 15.9 Å². The lowest BCUT2D eigenvalue weighted by Crippen LogP contribution is -2.02. The van der Waals surface area contributed by atoms with Gasteiger partial charge >= 0.3 is 11.4 Å². The number of hydrogen-bond donors (Lipinski definition) is 2. The highest BCUT2D eigenvalue weighted by Crippen LogP contribution is 2.37. The number of nitrogens with zero attached hydrogens (tertiary/aromatic N) is 2. The number of phenolic OH excluding ortho intramolecular Hbond substituents is 1. The van der Waals surface area contributed by atoms with Gasteiger partial charge in [-0.2, -0.15) is 8.42 Å². The monoisotopic (exact) mass is 264 g/mol. The molecule has 0 aliphatic heterocycles. The molecule has 1 aromatic rings. The lowest BCUT2D eigenvalue weighted by molar-refractivity contribution is -0.396. The van der Waals surface area contributed by atoms with Crippen LogP contribution in [0.3, 0.4) is 0 Å². The Morgan fingerprint density at radius 1 is 1.06 bits per heavy atom. The summed E-state index contributed by atoms with van der Waals surface area (Å²) in [5.41, 5.74) is -2.38. The molecule has 0 aliphatic rings. The van der Waals surface area contributed by atoms with Crippen molar-refractivity contribution in [3.8, 4) is 5.75 Å². The summed E-state index contributed by atoms with van der Waals surface area (Å²) in [6.45, 7) is 0. The number of nitro benzene ring substituents is 2. The van der Waals surface area contributed by atoms with Crippen LogP contribution in [0.2, 0.25) is 0 Å². The summed E-state index contributed by atoms with van der Waals surface area (Å²) < 4.78 is 30.1. The lowest BCUT2D eigenvalue weighted by atomic mass is 10.2. The molecule has 1 aromatic carbocycles. The predicted octanol–water partition coefficient (Wildman–Crippen LogP) is 0.455. The maximum Gasteiger partial charge on any atom is 0.319 e. The molecular formula is C6H4N2O8S. The first kappa shape index (κ1) is 12.8. The molecule has 0 aliphatic carbocycles. The van der Waals surface area contributed by atoms with Gasteiger partial charge < -0.3 is 5.11 Å². The van der Waals surface area contributed by atoms with E-state index in [1.807, 2.05) is 0 Å². The molecule has 0 radical (unpaired) electrons. The summed E-state index contributed by atoms with van der Waals surface area (Å²) in [4.78, 5) is 17.4. The Morgan fingerprint density at radius 3 is 1.65 bits per heavy atom. The van der Waals surface area contributed by atoms with Crippen LogP contribution in [-0.2, 0) is 10.1 Å². The maximum absolute atomic E-state index is 10.7. The van der Waals surface area contributed by atoms with E-state index in [0.29, 0.717) is 12.1 Å². The minimum Gasteiger partial charge on any atom is -0.497 e. The van der Waals surface area contributed by atoms with Crippen LogP contribution in [0.25, 0.3) is 0 Å². The van der Waals surface area contributed by atoms with Gasteiger partial charge in [0, 0.05) is 12.1 Å². The van der Waals surface area contributed by atoms with Crippen LogP contribution in [0.1, 0.15) is 0 Å². The van der Waals surface area contributed by atoms with Crippen molar-refractivity contribution in [2.75, 3.05) is 0 Å². The van der Waals surface area contributed by atoms with E-state index in [9.17, 15) is 28.6 Å². The first-order valence-corrected chi connectivity index (χ1v) is 5.22. The first-order chi connectivity index (χ1) is 7.64. The van der Waals surface area contributed by atoms with Crippen molar-refractivity contribution in [2.24, 2.45) is 0 Å². The lowest BCUT2D eigenvalue weighted by Gasteiger charge is -2.00. The number of hydrogen-bond acceptors (Lipinski definition) is 7. The Balaban J connectivity index is 3.71. The van der Waals surface area contributed by atoms with Crippen LogP contribution < -0.4 is 0 Å². The second-order valence-electron chi connectivity index (χ2n) is 2.80. The van der Waals surface area contributed by atoms with Crippen molar-refractivity contribution < 1.29 is 27.9 Å². The molecular weight excluding hydrogens is 260 g/mol. The fourth-order valence-electron chi connectivity index (χ4n) is 1.01. The summed E-state index contributed by atoms with van der Waals surface area (Å²) in [6, 6.07) is 0.634. The van der Waals surface area contributed by atoms with Crippen LogP contribution in [0, 0.1) is 20.2 Å². The average Bonchev–Trinajstić information content (AvgIpc) is 2.14. The van der Waals surface area contributed by atoms with E-state index >= 15 is 0 Å². The van der Waals surface area contributed by atoms with E-state index < -0.39 is 42.0 Å². The molecule has 92 valence electrons. The predicted molar refractivity (Wildman–Crippen MR) is 51.2 cm³/mol. The summed E-state index contributed by atoms with van der Waals surface area (Å²) >= 11 is 0. The Morgan fingerprint density at radius 2 is 1.41 bits per heavy atom. The van der Waals surface area contributed by atoms with Crippen LogP contribution >= 0.6 is 0 Å². The van der Waals surface area contributed by atoms with Crippen LogP contribution in [-0.4, -0.2) is 27.9 Å². The first-order valence-electron chi connectivity index (χ1n) is 3.78. The molecule has 0 atom stereocenters. The van der Waals surface area contributed by atoms with Crippen molar-refractivity contribution in [1.29, 1.82) is 0 Å². The highest BCUT2D eigenvalue weighted by Gasteiger charge is 2.29. The third-order valence-electron chi connectivity index (χ3n) is 1.73. The molecule has 11 heteroatoms.